The van der Waals surface area contributed by atoms with E-state index in [-0.39, 0.29) is 28.6 Å². The number of carbonyl (C=O) groups excluding carboxylic acids is 1. The Balaban J connectivity index is 2.22. The smallest absolute Gasteiger partial charge is 0.272 e. The Labute approximate surface area is 213 Å². The largest absolute Gasteiger partial charge is 0.437 e. The quantitative estimate of drug-likeness (QED) is 0.309. The van der Waals surface area contributed by atoms with Crippen LogP contribution < -0.4 is 14.8 Å². The van der Waals surface area contributed by atoms with Crippen molar-refractivity contribution in [3.63, 3.8) is 0 Å². The highest BCUT2D eigenvalue weighted by atomic mass is 32.2. The van der Waals surface area contributed by atoms with Crippen molar-refractivity contribution in [1.29, 1.82) is 0 Å². The van der Waals surface area contributed by atoms with Gasteiger partial charge in [-0.1, -0.05) is 13.0 Å². The molecule has 0 spiro atoms. The Bertz CT molecular complexity index is 1450. The fraction of sp³-hybridized carbons (Fsp3) is 0.333. The van der Waals surface area contributed by atoms with Crippen molar-refractivity contribution in [3.05, 3.63) is 69.7 Å². The summed E-state index contributed by atoms with van der Waals surface area (Å²) in [5.74, 6) is -1.37. The lowest BCUT2D eigenvalue weighted by Crippen LogP contribution is -2.40. The number of hydrogen-bond donors (Lipinski definition) is 2. The van der Waals surface area contributed by atoms with E-state index >= 15 is 0 Å². The molecular formula is C24H28FN5O6S. The molecule has 0 aliphatic heterocycles. The molecule has 1 amide bonds. The van der Waals surface area contributed by atoms with Crippen molar-refractivity contribution >= 4 is 21.6 Å². The number of sulfonamides is 1. The normalized spacial score (nSPS) is 11.8. The summed E-state index contributed by atoms with van der Waals surface area (Å²) in [5, 5.41) is 18.4. The fourth-order valence-electron chi connectivity index (χ4n) is 3.39. The van der Waals surface area contributed by atoms with Gasteiger partial charge in [0.2, 0.25) is 15.9 Å². The Kier molecular flexibility index (Phi) is 7.98. The maximum atomic E-state index is 14.0. The number of rotatable bonds is 9. The molecule has 0 radical (unpaired) electrons. The van der Waals surface area contributed by atoms with Gasteiger partial charge in [0.05, 0.1) is 10.6 Å². The van der Waals surface area contributed by atoms with Gasteiger partial charge in [-0.25, -0.2) is 17.5 Å². The van der Waals surface area contributed by atoms with Crippen LogP contribution in [0.2, 0.25) is 0 Å². The number of amides is 1. The Morgan fingerprint density at radius 1 is 1.22 bits per heavy atom. The topological polar surface area (TPSA) is 145 Å². The summed E-state index contributed by atoms with van der Waals surface area (Å²) in [7, 11) is -4.29. The number of nitro groups is 1. The molecule has 198 valence electrons. The first-order valence-electron chi connectivity index (χ1n) is 11.4. The van der Waals surface area contributed by atoms with Gasteiger partial charge in [-0.3, -0.25) is 14.9 Å². The number of nitrogens with one attached hydrogen (secondary N) is 2. The number of aromatic nitrogens is 2. The summed E-state index contributed by atoms with van der Waals surface area (Å²) in [5.41, 5.74) is -0.900. The van der Waals surface area contributed by atoms with Crippen LogP contribution in [0.5, 0.6) is 11.6 Å². The first-order chi connectivity index (χ1) is 17.2. The van der Waals surface area contributed by atoms with Crippen LogP contribution in [0, 0.1) is 22.9 Å². The molecule has 13 heteroatoms. The molecule has 3 rings (SSSR count). The zero-order valence-electron chi connectivity index (χ0n) is 21.0. The SMILES string of the molecule is CCCNC(=O)c1nn(-c2cccc(F)c2)c(Oc2ccc([N+](=O)[O-])cc2S(=O)(=O)NC(C)(C)C)c1C. The summed E-state index contributed by atoms with van der Waals surface area (Å²) in [6.45, 7) is 8.68. The second-order valence-electron chi connectivity index (χ2n) is 9.27. The van der Waals surface area contributed by atoms with Crippen LogP contribution in [-0.4, -0.2) is 41.1 Å². The van der Waals surface area contributed by atoms with Crippen LogP contribution in [0.3, 0.4) is 0 Å². The standard InChI is InChI=1S/C24H28FN5O6S/c1-6-12-26-22(31)21-15(2)23(29(27-21)17-9-7-8-16(25)13-17)36-19-11-10-18(30(32)33)14-20(19)37(34,35)28-24(3,4)5/h7-11,13-14,28H,6,12H2,1-5H3,(H,26,31). The number of non-ortho nitro benzene ring substituents is 1. The third-order valence-corrected chi connectivity index (χ3v) is 6.73. The third-order valence-electron chi connectivity index (χ3n) is 4.95. The molecule has 2 aromatic carbocycles. The van der Waals surface area contributed by atoms with Gasteiger partial charge in [0.25, 0.3) is 11.6 Å². The van der Waals surface area contributed by atoms with Crippen LogP contribution in [0.25, 0.3) is 5.69 Å². The number of nitro benzene ring substituents is 1. The van der Waals surface area contributed by atoms with Crippen molar-refractivity contribution in [2.75, 3.05) is 6.54 Å². The first-order valence-corrected chi connectivity index (χ1v) is 12.9. The average molecular weight is 534 g/mol. The second kappa shape index (κ2) is 10.6. The lowest BCUT2D eigenvalue weighted by Gasteiger charge is -2.21. The summed E-state index contributed by atoms with van der Waals surface area (Å²) >= 11 is 0. The lowest BCUT2D eigenvalue weighted by atomic mass is 10.1. The van der Waals surface area contributed by atoms with Crippen molar-refractivity contribution < 1.29 is 27.3 Å². The Morgan fingerprint density at radius 2 is 1.92 bits per heavy atom. The zero-order valence-corrected chi connectivity index (χ0v) is 21.8. The van der Waals surface area contributed by atoms with Crippen LogP contribution in [0.15, 0.2) is 47.4 Å². The maximum absolute atomic E-state index is 14.0. The van der Waals surface area contributed by atoms with Crippen LogP contribution in [0.1, 0.15) is 50.2 Å². The third kappa shape index (κ3) is 6.49. The van der Waals surface area contributed by atoms with Crippen molar-refractivity contribution in [3.8, 4) is 17.3 Å². The minimum atomic E-state index is -4.29. The average Bonchev–Trinajstić information content (AvgIpc) is 3.12. The second-order valence-corrected chi connectivity index (χ2v) is 10.9. The monoisotopic (exact) mass is 533 g/mol. The van der Waals surface area contributed by atoms with E-state index in [0.29, 0.717) is 13.0 Å². The number of hydrogen-bond acceptors (Lipinski definition) is 7. The summed E-state index contributed by atoms with van der Waals surface area (Å²) in [6.07, 6.45) is 0.684. The van der Waals surface area contributed by atoms with E-state index in [4.69, 9.17) is 4.74 Å². The Hall–Kier alpha value is -3.84. The summed E-state index contributed by atoms with van der Waals surface area (Å²) < 4.78 is 50.0. The molecule has 1 heterocycles. The highest BCUT2D eigenvalue weighted by molar-refractivity contribution is 7.89. The number of carbonyl (C=O) groups is 1. The number of halogens is 1. The van der Waals surface area contributed by atoms with E-state index in [9.17, 15) is 27.7 Å². The molecule has 11 nitrogen and oxygen atoms in total. The molecule has 1 aromatic heterocycles. The van der Waals surface area contributed by atoms with Gasteiger partial charge < -0.3 is 10.1 Å². The molecule has 2 N–H and O–H groups in total. The minimum Gasteiger partial charge on any atom is -0.437 e. The molecule has 0 saturated heterocycles. The molecule has 0 unspecified atom stereocenters. The van der Waals surface area contributed by atoms with E-state index in [1.54, 1.807) is 27.7 Å². The minimum absolute atomic E-state index is 0.00755. The van der Waals surface area contributed by atoms with Gasteiger partial charge in [0, 0.05) is 29.8 Å². The highest BCUT2D eigenvalue weighted by Crippen LogP contribution is 2.36. The summed E-state index contributed by atoms with van der Waals surface area (Å²) in [6, 6.07) is 8.50. The molecule has 0 saturated carbocycles. The molecule has 0 fully saturated rings. The van der Waals surface area contributed by atoms with E-state index in [1.807, 2.05) is 6.92 Å². The molecule has 37 heavy (non-hydrogen) atoms. The van der Waals surface area contributed by atoms with Gasteiger partial charge in [0.1, 0.15) is 16.5 Å². The van der Waals surface area contributed by atoms with Crippen molar-refractivity contribution in [1.82, 2.24) is 19.8 Å². The highest BCUT2D eigenvalue weighted by Gasteiger charge is 2.30. The van der Waals surface area contributed by atoms with Gasteiger partial charge >= 0.3 is 0 Å². The van der Waals surface area contributed by atoms with Crippen molar-refractivity contribution in [2.45, 2.75) is 51.5 Å². The molecular weight excluding hydrogens is 505 g/mol. The van der Waals surface area contributed by atoms with E-state index in [2.05, 4.69) is 15.1 Å². The lowest BCUT2D eigenvalue weighted by molar-refractivity contribution is -0.385. The predicted molar refractivity (Wildman–Crippen MR) is 134 cm³/mol. The molecule has 0 aliphatic rings. The number of nitrogens with zero attached hydrogens (tertiary/aromatic N) is 3. The van der Waals surface area contributed by atoms with Crippen LogP contribution >= 0.6 is 0 Å². The predicted octanol–water partition coefficient (Wildman–Crippen LogP) is 4.24. The summed E-state index contributed by atoms with van der Waals surface area (Å²) in [4.78, 5) is 22.9. The number of benzene rings is 2. The molecule has 0 aliphatic carbocycles. The Morgan fingerprint density at radius 3 is 2.51 bits per heavy atom. The molecule has 0 bridgehead atoms. The maximum Gasteiger partial charge on any atom is 0.272 e. The van der Waals surface area contributed by atoms with E-state index in [0.717, 1.165) is 18.2 Å². The van der Waals surface area contributed by atoms with Gasteiger partial charge in [-0.15, -0.1) is 0 Å². The number of ether oxygens (including phenoxy) is 1. The van der Waals surface area contributed by atoms with Gasteiger partial charge in [0.15, 0.2) is 5.69 Å². The fourth-order valence-corrected chi connectivity index (χ4v) is 4.95. The van der Waals surface area contributed by atoms with Gasteiger partial charge in [-0.05, 0) is 58.4 Å². The first kappa shape index (κ1) is 27.7. The zero-order chi connectivity index (χ0) is 27.5. The van der Waals surface area contributed by atoms with E-state index < -0.39 is 42.8 Å². The van der Waals surface area contributed by atoms with E-state index in [1.165, 1.54) is 28.9 Å². The molecule has 0 atom stereocenters. The van der Waals surface area contributed by atoms with Crippen LogP contribution in [0.4, 0.5) is 10.1 Å². The van der Waals surface area contributed by atoms with Gasteiger partial charge in [-0.2, -0.15) is 9.78 Å². The van der Waals surface area contributed by atoms with Crippen LogP contribution in [-0.2, 0) is 10.0 Å². The molecule has 3 aromatic rings. The van der Waals surface area contributed by atoms with Crippen molar-refractivity contribution in [2.24, 2.45) is 0 Å².